The van der Waals surface area contributed by atoms with Gasteiger partial charge in [0.2, 0.25) is 0 Å². The van der Waals surface area contributed by atoms with Crippen LogP contribution in [0.1, 0.15) is 24.0 Å². The van der Waals surface area contributed by atoms with Crippen LogP contribution in [0.3, 0.4) is 0 Å². The van der Waals surface area contributed by atoms with Crippen LogP contribution in [-0.4, -0.2) is 37.1 Å². The molecule has 1 aromatic carbocycles. The summed E-state index contributed by atoms with van der Waals surface area (Å²) in [6.07, 6.45) is 2.73. The Balaban J connectivity index is 1.86. The van der Waals surface area contributed by atoms with Gasteiger partial charge in [-0.15, -0.1) is 0 Å². The number of anilines is 1. The maximum Gasteiger partial charge on any atom is 0.0442 e. The molecule has 3 nitrogen and oxygen atoms in total. The summed E-state index contributed by atoms with van der Waals surface area (Å²) < 4.78 is 0. The SMILES string of the molecule is Cc1cccc(CN)c1N1CCN2CCCC2C1. The number of fused-ring (bicyclic) bond motifs is 1. The van der Waals surface area contributed by atoms with Crippen LogP contribution in [0.4, 0.5) is 5.69 Å². The van der Waals surface area contributed by atoms with Crippen LogP contribution in [0, 0.1) is 6.92 Å². The third-order valence-corrected chi connectivity index (χ3v) is 4.44. The molecule has 0 bridgehead atoms. The van der Waals surface area contributed by atoms with E-state index in [0.29, 0.717) is 6.54 Å². The van der Waals surface area contributed by atoms with E-state index < -0.39 is 0 Å². The van der Waals surface area contributed by atoms with Gasteiger partial charge in [0.1, 0.15) is 0 Å². The summed E-state index contributed by atoms with van der Waals surface area (Å²) in [6, 6.07) is 7.26. The average Bonchev–Trinajstić information content (AvgIpc) is 2.85. The smallest absolute Gasteiger partial charge is 0.0442 e. The van der Waals surface area contributed by atoms with Gasteiger partial charge in [-0.25, -0.2) is 0 Å². The Morgan fingerprint density at radius 1 is 1.28 bits per heavy atom. The van der Waals surface area contributed by atoms with Crippen LogP contribution >= 0.6 is 0 Å². The van der Waals surface area contributed by atoms with E-state index in [1.807, 2.05) is 0 Å². The topological polar surface area (TPSA) is 32.5 Å². The van der Waals surface area contributed by atoms with Crippen molar-refractivity contribution < 1.29 is 0 Å². The third kappa shape index (κ3) is 2.02. The summed E-state index contributed by atoms with van der Waals surface area (Å²) in [7, 11) is 0. The molecule has 2 aliphatic rings. The second-order valence-corrected chi connectivity index (χ2v) is 5.56. The lowest BCUT2D eigenvalue weighted by atomic mass is 10.0. The second kappa shape index (κ2) is 4.90. The predicted molar refractivity (Wildman–Crippen MR) is 75.9 cm³/mol. The van der Waals surface area contributed by atoms with Crippen molar-refractivity contribution >= 4 is 5.69 Å². The molecule has 2 saturated heterocycles. The van der Waals surface area contributed by atoms with Crippen LogP contribution in [0.2, 0.25) is 0 Å². The molecule has 98 valence electrons. The molecule has 0 aromatic heterocycles. The van der Waals surface area contributed by atoms with E-state index in [0.717, 1.165) is 12.6 Å². The second-order valence-electron chi connectivity index (χ2n) is 5.56. The van der Waals surface area contributed by atoms with E-state index >= 15 is 0 Å². The number of benzene rings is 1. The van der Waals surface area contributed by atoms with E-state index in [-0.39, 0.29) is 0 Å². The molecule has 3 rings (SSSR count). The van der Waals surface area contributed by atoms with Gasteiger partial charge in [-0.3, -0.25) is 4.90 Å². The standard InChI is InChI=1S/C15H23N3/c1-12-4-2-5-13(10-16)15(12)18-9-8-17-7-3-6-14(17)11-18/h2,4-5,14H,3,6-11,16H2,1H3. The minimum atomic E-state index is 0.641. The van der Waals surface area contributed by atoms with Gasteiger partial charge in [0.15, 0.2) is 0 Å². The van der Waals surface area contributed by atoms with Gasteiger partial charge in [0.25, 0.3) is 0 Å². The lowest BCUT2D eigenvalue weighted by Gasteiger charge is -2.40. The Labute approximate surface area is 110 Å². The summed E-state index contributed by atoms with van der Waals surface area (Å²) in [5.74, 6) is 0. The van der Waals surface area contributed by atoms with E-state index in [1.165, 1.54) is 49.3 Å². The predicted octanol–water partition coefficient (Wildman–Crippen LogP) is 1.74. The monoisotopic (exact) mass is 245 g/mol. The Hall–Kier alpha value is -1.06. The highest BCUT2D eigenvalue weighted by Gasteiger charge is 2.31. The van der Waals surface area contributed by atoms with Crippen LogP contribution in [0.25, 0.3) is 0 Å². The Morgan fingerprint density at radius 3 is 3.00 bits per heavy atom. The maximum atomic E-state index is 5.90. The first kappa shape index (κ1) is 12.0. The highest BCUT2D eigenvalue weighted by atomic mass is 15.3. The minimum absolute atomic E-state index is 0.641. The van der Waals surface area contributed by atoms with Crippen LogP contribution in [-0.2, 0) is 6.54 Å². The molecule has 0 aliphatic carbocycles. The van der Waals surface area contributed by atoms with Crippen molar-refractivity contribution in [2.24, 2.45) is 5.73 Å². The van der Waals surface area contributed by atoms with Gasteiger partial charge < -0.3 is 10.6 Å². The number of aryl methyl sites for hydroxylation is 1. The maximum absolute atomic E-state index is 5.90. The zero-order valence-electron chi connectivity index (χ0n) is 11.2. The summed E-state index contributed by atoms with van der Waals surface area (Å²) in [4.78, 5) is 5.21. The fraction of sp³-hybridized carbons (Fsp3) is 0.600. The Bertz CT molecular complexity index is 430. The zero-order chi connectivity index (χ0) is 12.5. The van der Waals surface area contributed by atoms with Crippen molar-refractivity contribution in [3.63, 3.8) is 0 Å². The van der Waals surface area contributed by atoms with Gasteiger partial charge in [-0.1, -0.05) is 18.2 Å². The number of piperazine rings is 1. The van der Waals surface area contributed by atoms with Gasteiger partial charge in [0, 0.05) is 37.9 Å². The molecule has 0 saturated carbocycles. The average molecular weight is 245 g/mol. The van der Waals surface area contributed by atoms with E-state index in [2.05, 4.69) is 34.9 Å². The quantitative estimate of drug-likeness (QED) is 0.861. The number of hydrogen-bond donors (Lipinski definition) is 1. The molecule has 2 aliphatic heterocycles. The first-order chi connectivity index (χ1) is 8.79. The molecule has 1 atom stereocenters. The van der Waals surface area contributed by atoms with Gasteiger partial charge in [-0.05, 0) is 37.4 Å². The molecule has 0 radical (unpaired) electrons. The van der Waals surface area contributed by atoms with Crippen molar-refractivity contribution in [3.8, 4) is 0 Å². The van der Waals surface area contributed by atoms with Gasteiger partial charge in [-0.2, -0.15) is 0 Å². The van der Waals surface area contributed by atoms with Crippen LogP contribution in [0.5, 0.6) is 0 Å². The Morgan fingerprint density at radius 2 is 2.17 bits per heavy atom. The lowest BCUT2D eigenvalue weighted by Crippen LogP contribution is -2.50. The number of nitrogens with zero attached hydrogens (tertiary/aromatic N) is 2. The molecule has 2 heterocycles. The highest BCUT2D eigenvalue weighted by molar-refractivity contribution is 5.59. The van der Waals surface area contributed by atoms with E-state index in [1.54, 1.807) is 0 Å². The van der Waals surface area contributed by atoms with Crippen molar-refractivity contribution in [3.05, 3.63) is 29.3 Å². The largest absolute Gasteiger partial charge is 0.368 e. The molecular weight excluding hydrogens is 222 g/mol. The van der Waals surface area contributed by atoms with Gasteiger partial charge in [0.05, 0.1) is 0 Å². The summed E-state index contributed by atoms with van der Waals surface area (Å²) in [6.45, 7) is 7.68. The van der Waals surface area contributed by atoms with Crippen molar-refractivity contribution in [1.29, 1.82) is 0 Å². The van der Waals surface area contributed by atoms with E-state index in [9.17, 15) is 0 Å². The molecular formula is C15H23N3. The summed E-state index contributed by atoms with van der Waals surface area (Å²) >= 11 is 0. The molecule has 2 fully saturated rings. The zero-order valence-corrected chi connectivity index (χ0v) is 11.2. The van der Waals surface area contributed by atoms with Crippen molar-refractivity contribution in [2.45, 2.75) is 32.4 Å². The van der Waals surface area contributed by atoms with Crippen LogP contribution in [0.15, 0.2) is 18.2 Å². The van der Waals surface area contributed by atoms with Crippen molar-refractivity contribution in [2.75, 3.05) is 31.1 Å². The number of hydrogen-bond acceptors (Lipinski definition) is 3. The van der Waals surface area contributed by atoms with E-state index in [4.69, 9.17) is 5.73 Å². The number of rotatable bonds is 2. The third-order valence-electron chi connectivity index (χ3n) is 4.44. The molecule has 0 amide bonds. The molecule has 0 spiro atoms. The lowest BCUT2D eigenvalue weighted by molar-refractivity contribution is 0.230. The molecule has 18 heavy (non-hydrogen) atoms. The minimum Gasteiger partial charge on any atom is -0.368 e. The molecule has 3 heteroatoms. The Kier molecular flexibility index (Phi) is 3.27. The first-order valence-electron chi connectivity index (χ1n) is 7.07. The summed E-state index contributed by atoms with van der Waals surface area (Å²) in [5.41, 5.74) is 9.95. The van der Waals surface area contributed by atoms with Crippen LogP contribution < -0.4 is 10.6 Å². The summed E-state index contributed by atoms with van der Waals surface area (Å²) in [5, 5.41) is 0. The fourth-order valence-electron chi connectivity index (χ4n) is 3.53. The molecule has 1 unspecified atom stereocenters. The highest BCUT2D eigenvalue weighted by Crippen LogP contribution is 2.30. The number of nitrogens with two attached hydrogens (primary N) is 1. The fourth-order valence-corrected chi connectivity index (χ4v) is 3.53. The molecule has 1 aromatic rings. The number of para-hydroxylation sites is 1. The first-order valence-corrected chi connectivity index (χ1v) is 7.07. The van der Waals surface area contributed by atoms with Crippen molar-refractivity contribution in [1.82, 2.24) is 4.90 Å². The molecule has 2 N–H and O–H groups in total. The normalized spacial score (nSPS) is 24.3. The van der Waals surface area contributed by atoms with Gasteiger partial charge >= 0.3 is 0 Å².